The van der Waals surface area contributed by atoms with Gasteiger partial charge in [-0.3, -0.25) is 4.55 Å². The first-order valence-electron chi connectivity index (χ1n) is 4.48. The minimum Gasteiger partial charge on any atom is -0.508 e. The molecule has 16 heavy (non-hydrogen) atoms. The van der Waals surface area contributed by atoms with Crippen LogP contribution >= 0.6 is 0 Å². The zero-order valence-electron chi connectivity index (χ0n) is 8.33. The Labute approximate surface area is 92.9 Å². The molecule has 0 fully saturated rings. The maximum absolute atomic E-state index is 10.4. The van der Waals surface area contributed by atoms with Gasteiger partial charge in [-0.15, -0.1) is 0 Å². The van der Waals surface area contributed by atoms with E-state index in [1.54, 1.807) is 0 Å². The van der Waals surface area contributed by atoms with E-state index in [0.29, 0.717) is 0 Å². The van der Waals surface area contributed by atoms with Crippen molar-refractivity contribution in [1.29, 1.82) is 0 Å². The standard InChI is InChI=1S/C9H12O6S/c10-7-4-8(11)6-9(5-7)15-2-1-3-16(12,13)14/h4-6,10-11H,1-3H2,(H,12,13,14). The Morgan fingerprint density at radius 3 is 2.19 bits per heavy atom. The summed E-state index contributed by atoms with van der Waals surface area (Å²) in [5, 5.41) is 18.2. The Morgan fingerprint density at radius 1 is 1.12 bits per heavy atom. The summed E-state index contributed by atoms with van der Waals surface area (Å²) in [4.78, 5) is 0. The van der Waals surface area contributed by atoms with E-state index in [4.69, 9.17) is 19.5 Å². The summed E-state index contributed by atoms with van der Waals surface area (Å²) in [6.07, 6.45) is 0.120. The smallest absolute Gasteiger partial charge is 0.264 e. The molecule has 0 aliphatic carbocycles. The zero-order chi connectivity index (χ0) is 12.2. The molecule has 0 spiro atoms. The fraction of sp³-hybridized carbons (Fsp3) is 0.333. The van der Waals surface area contributed by atoms with E-state index in [1.807, 2.05) is 0 Å². The van der Waals surface area contributed by atoms with Crippen molar-refractivity contribution >= 4 is 10.1 Å². The summed E-state index contributed by atoms with van der Waals surface area (Å²) in [6.45, 7) is 0.0582. The highest BCUT2D eigenvalue weighted by atomic mass is 32.2. The minimum atomic E-state index is -3.97. The lowest BCUT2D eigenvalue weighted by atomic mass is 10.3. The minimum absolute atomic E-state index is 0.0582. The van der Waals surface area contributed by atoms with Gasteiger partial charge in [0.25, 0.3) is 10.1 Å². The Morgan fingerprint density at radius 2 is 1.69 bits per heavy atom. The molecule has 7 heteroatoms. The molecule has 1 aromatic carbocycles. The van der Waals surface area contributed by atoms with Crippen molar-refractivity contribution in [2.75, 3.05) is 12.4 Å². The molecule has 90 valence electrons. The number of benzene rings is 1. The third kappa shape index (κ3) is 4.85. The van der Waals surface area contributed by atoms with Crippen LogP contribution in [0.5, 0.6) is 17.2 Å². The second-order valence-electron chi connectivity index (χ2n) is 3.17. The number of phenolic OH excluding ortho intramolecular Hbond substituents is 2. The Bertz CT molecular complexity index is 433. The largest absolute Gasteiger partial charge is 0.508 e. The van der Waals surface area contributed by atoms with Crippen LogP contribution in [0.4, 0.5) is 0 Å². The maximum Gasteiger partial charge on any atom is 0.264 e. The second kappa shape index (κ2) is 5.04. The van der Waals surface area contributed by atoms with Crippen molar-refractivity contribution in [3.05, 3.63) is 18.2 Å². The van der Waals surface area contributed by atoms with Gasteiger partial charge >= 0.3 is 0 Å². The Balaban J connectivity index is 2.43. The third-order valence-corrected chi connectivity index (χ3v) is 2.50. The highest BCUT2D eigenvalue weighted by Crippen LogP contribution is 2.25. The van der Waals surface area contributed by atoms with Crippen LogP contribution in [0, 0.1) is 0 Å². The normalized spacial score (nSPS) is 11.3. The molecule has 3 N–H and O–H groups in total. The molecule has 0 radical (unpaired) electrons. The molecule has 0 aliphatic rings. The van der Waals surface area contributed by atoms with Crippen LogP contribution < -0.4 is 4.74 Å². The average molecular weight is 248 g/mol. The molecule has 0 heterocycles. The maximum atomic E-state index is 10.4. The van der Waals surface area contributed by atoms with E-state index in [-0.39, 0.29) is 30.3 Å². The van der Waals surface area contributed by atoms with Crippen molar-refractivity contribution < 1.29 is 27.9 Å². The summed E-state index contributed by atoms with van der Waals surface area (Å²) in [5.41, 5.74) is 0. The highest BCUT2D eigenvalue weighted by Gasteiger charge is 2.04. The van der Waals surface area contributed by atoms with E-state index in [2.05, 4.69) is 0 Å². The topological polar surface area (TPSA) is 104 Å². The molecular weight excluding hydrogens is 236 g/mol. The predicted molar refractivity (Wildman–Crippen MR) is 56.3 cm³/mol. The molecule has 1 aromatic rings. The number of ether oxygens (including phenoxy) is 1. The second-order valence-corrected chi connectivity index (χ2v) is 4.75. The molecule has 0 amide bonds. The predicted octanol–water partition coefficient (Wildman–Crippen LogP) is 0.754. The van der Waals surface area contributed by atoms with E-state index in [0.717, 1.165) is 6.07 Å². The zero-order valence-corrected chi connectivity index (χ0v) is 9.14. The SMILES string of the molecule is O=S(=O)(O)CCCOc1cc(O)cc(O)c1. The number of rotatable bonds is 5. The van der Waals surface area contributed by atoms with Gasteiger partial charge < -0.3 is 14.9 Å². The van der Waals surface area contributed by atoms with Crippen LogP contribution in [-0.2, 0) is 10.1 Å². The first-order valence-corrected chi connectivity index (χ1v) is 6.09. The lowest BCUT2D eigenvalue weighted by molar-refractivity contribution is 0.312. The molecule has 0 saturated carbocycles. The molecule has 0 aliphatic heterocycles. The van der Waals surface area contributed by atoms with Crippen molar-refractivity contribution in [2.24, 2.45) is 0 Å². The van der Waals surface area contributed by atoms with Gasteiger partial charge in [-0.05, 0) is 6.42 Å². The fourth-order valence-electron chi connectivity index (χ4n) is 1.08. The Kier molecular flexibility index (Phi) is 3.97. The molecule has 0 bridgehead atoms. The molecule has 0 saturated heterocycles. The van der Waals surface area contributed by atoms with E-state index in [9.17, 15) is 8.42 Å². The van der Waals surface area contributed by atoms with E-state index >= 15 is 0 Å². The fourth-order valence-corrected chi connectivity index (χ4v) is 1.57. The number of hydrogen-bond acceptors (Lipinski definition) is 5. The van der Waals surface area contributed by atoms with Crippen molar-refractivity contribution in [2.45, 2.75) is 6.42 Å². The number of phenols is 2. The molecular formula is C9H12O6S. The van der Waals surface area contributed by atoms with Gasteiger partial charge in [0.1, 0.15) is 17.2 Å². The first-order chi connectivity index (χ1) is 7.37. The van der Waals surface area contributed by atoms with Gasteiger partial charge in [0.2, 0.25) is 0 Å². The molecule has 0 atom stereocenters. The Hall–Kier alpha value is -1.47. The average Bonchev–Trinajstić information content (AvgIpc) is 2.09. The van der Waals surface area contributed by atoms with Crippen molar-refractivity contribution in [1.82, 2.24) is 0 Å². The highest BCUT2D eigenvalue weighted by molar-refractivity contribution is 7.85. The molecule has 0 aromatic heterocycles. The van der Waals surface area contributed by atoms with Crippen LogP contribution in [-0.4, -0.2) is 35.5 Å². The lowest BCUT2D eigenvalue weighted by Gasteiger charge is -2.06. The summed E-state index contributed by atoms with van der Waals surface area (Å²) in [5.74, 6) is -0.458. The summed E-state index contributed by atoms with van der Waals surface area (Å²) < 4.78 is 34.2. The monoisotopic (exact) mass is 248 g/mol. The summed E-state index contributed by atoms with van der Waals surface area (Å²) in [6, 6.07) is 3.71. The van der Waals surface area contributed by atoms with Crippen molar-refractivity contribution in [3.63, 3.8) is 0 Å². The number of aromatic hydroxyl groups is 2. The van der Waals surface area contributed by atoms with Gasteiger partial charge in [0.15, 0.2) is 0 Å². The number of hydrogen-bond donors (Lipinski definition) is 3. The van der Waals surface area contributed by atoms with Crippen LogP contribution in [0.25, 0.3) is 0 Å². The van der Waals surface area contributed by atoms with E-state index in [1.165, 1.54) is 12.1 Å². The third-order valence-electron chi connectivity index (χ3n) is 1.69. The van der Waals surface area contributed by atoms with Crippen LogP contribution in [0.15, 0.2) is 18.2 Å². The summed E-state index contributed by atoms with van der Waals surface area (Å²) >= 11 is 0. The van der Waals surface area contributed by atoms with Crippen LogP contribution in [0.2, 0.25) is 0 Å². The van der Waals surface area contributed by atoms with Gasteiger partial charge in [-0.1, -0.05) is 0 Å². The molecule has 0 unspecified atom stereocenters. The van der Waals surface area contributed by atoms with Crippen LogP contribution in [0.1, 0.15) is 6.42 Å². The van der Waals surface area contributed by atoms with Gasteiger partial charge in [-0.2, -0.15) is 8.42 Å². The van der Waals surface area contributed by atoms with Crippen LogP contribution in [0.3, 0.4) is 0 Å². The lowest BCUT2D eigenvalue weighted by Crippen LogP contribution is -2.08. The first kappa shape index (κ1) is 12.6. The quantitative estimate of drug-likeness (QED) is 0.525. The van der Waals surface area contributed by atoms with Gasteiger partial charge in [0.05, 0.1) is 12.4 Å². The molecule has 6 nitrogen and oxygen atoms in total. The van der Waals surface area contributed by atoms with Gasteiger partial charge in [0, 0.05) is 18.2 Å². The molecule has 1 rings (SSSR count). The van der Waals surface area contributed by atoms with Crippen molar-refractivity contribution in [3.8, 4) is 17.2 Å². The van der Waals surface area contributed by atoms with E-state index < -0.39 is 15.9 Å². The summed E-state index contributed by atoms with van der Waals surface area (Å²) in [7, 11) is -3.97. The van der Waals surface area contributed by atoms with Gasteiger partial charge in [-0.25, -0.2) is 0 Å².